The van der Waals surface area contributed by atoms with Gasteiger partial charge in [0.1, 0.15) is 0 Å². The van der Waals surface area contributed by atoms with Crippen molar-refractivity contribution in [1.29, 1.82) is 0 Å². The first-order valence-electron chi connectivity index (χ1n) is 13.7. The molecule has 0 bridgehead atoms. The Morgan fingerprint density at radius 2 is 1.31 bits per heavy atom. The minimum atomic E-state index is 0. The molecule has 7 aromatic rings. The van der Waals surface area contributed by atoms with E-state index in [1.807, 2.05) is 72.8 Å². The Kier molecular flexibility index (Phi) is 9.46. The molecule has 0 amide bonds. The zero-order chi connectivity index (χ0) is 27.9. The largest absolute Gasteiger partial charge is 0.296 e. The van der Waals surface area contributed by atoms with Crippen molar-refractivity contribution in [2.24, 2.45) is 0 Å². The first-order valence-corrected chi connectivity index (χ1v) is 13.7. The van der Waals surface area contributed by atoms with Gasteiger partial charge >= 0.3 is 0 Å². The van der Waals surface area contributed by atoms with E-state index in [4.69, 9.17) is 4.98 Å². The molecule has 7 rings (SSSR count). The van der Waals surface area contributed by atoms with Gasteiger partial charge in [-0.15, -0.1) is 77.4 Å². The van der Waals surface area contributed by atoms with E-state index >= 15 is 0 Å². The van der Waals surface area contributed by atoms with E-state index in [2.05, 4.69) is 103 Å². The molecule has 205 valence electrons. The molecule has 5 aromatic carbocycles. The van der Waals surface area contributed by atoms with Crippen LogP contribution in [0.15, 0.2) is 146 Å². The maximum Gasteiger partial charge on any atom is 0.0595 e. The quantitative estimate of drug-likeness (QED) is 0.170. The van der Waals surface area contributed by atoms with Crippen LogP contribution in [-0.2, 0) is 20.1 Å². The summed E-state index contributed by atoms with van der Waals surface area (Å²) in [5.74, 6) is 0. The Balaban J connectivity index is 0.000000169. The molecule has 0 aliphatic carbocycles. The van der Waals surface area contributed by atoms with Gasteiger partial charge in [-0.05, 0) is 51.5 Å². The van der Waals surface area contributed by atoms with Gasteiger partial charge in [-0.25, -0.2) is 0 Å². The third-order valence-corrected chi connectivity index (χ3v) is 6.82. The molecule has 1 radical (unpaired) electrons. The molecule has 42 heavy (non-hydrogen) atoms. The second-order valence-electron chi connectivity index (χ2n) is 9.83. The van der Waals surface area contributed by atoms with E-state index in [-0.39, 0.29) is 20.1 Å². The molecule has 2 heterocycles. The van der Waals surface area contributed by atoms with Gasteiger partial charge in [0.2, 0.25) is 0 Å². The summed E-state index contributed by atoms with van der Waals surface area (Å²) in [4.78, 5) is 9.35. The van der Waals surface area contributed by atoms with Crippen LogP contribution in [-0.4, -0.2) is 9.97 Å². The zero-order valence-electron chi connectivity index (χ0n) is 23.2. The van der Waals surface area contributed by atoms with Crippen LogP contribution >= 0.6 is 0 Å². The van der Waals surface area contributed by atoms with Crippen molar-refractivity contribution in [3.63, 3.8) is 0 Å². The van der Waals surface area contributed by atoms with Crippen molar-refractivity contribution in [1.82, 2.24) is 9.97 Å². The molecule has 0 aliphatic heterocycles. The number of pyridine rings is 2. The molecule has 2 nitrogen and oxygen atoms in total. The number of nitrogens with zero attached hydrogens (tertiary/aromatic N) is 2. The Hall–Kier alpha value is -4.69. The average Bonchev–Trinajstić information content (AvgIpc) is 3.05. The van der Waals surface area contributed by atoms with Crippen LogP contribution in [0, 0.1) is 19.1 Å². The van der Waals surface area contributed by atoms with Crippen LogP contribution in [0.25, 0.3) is 50.3 Å². The molecule has 0 N–H and O–H groups in total. The van der Waals surface area contributed by atoms with Gasteiger partial charge < -0.3 is 0 Å². The molecule has 0 aliphatic rings. The molecular formula is C39H28IrN2-2. The van der Waals surface area contributed by atoms with Gasteiger partial charge in [-0.3, -0.25) is 9.97 Å². The number of rotatable bonds is 4. The van der Waals surface area contributed by atoms with Gasteiger partial charge in [0.25, 0.3) is 0 Å². The molecule has 0 saturated carbocycles. The summed E-state index contributed by atoms with van der Waals surface area (Å²) in [6.45, 7) is 2.07. The predicted molar refractivity (Wildman–Crippen MR) is 171 cm³/mol. The summed E-state index contributed by atoms with van der Waals surface area (Å²) < 4.78 is 0. The molecule has 3 heteroatoms. The van der Waals surface area contributed by atoms with Crippen LogP contribution in [0.1, 0.15) is 16.8 Å². The maximum absolute atomic E-state index is 4.78. The average molecular weight is 717 g/mol. The van der Waals surface area contributed by atoms with E-state index in [1.165, 1.54) is 16.7 Å². The van der Waals surface area contributed by atoms with Crippen molar-refractivity contribution >= 4 is 27.9 Å². The molecule has 0 atom stereocenters. The van der Waals surface area contributed by atoms with Crippen molar-refractivity contribution in [2.45, 2.75) is 6.92 Å². The number of aromatic nitrogens is 2. The van der Waals surface area contributed by atoms with E-state index in [0.29, 0.717) is 0 Å². The van der Waals surface area contributed by atoms with Gasteiger partial charge in [0.05, 0.1) is 11.0 Å². The predicted octanol–water partition coefficient (Wildman–Crippen LogP) is 9.77. The molecule has 0 fully saturated rings. The van der Waals surface area contributed by atoms with Gasteiger partial charge in [0, 0.05) is 20.1 Å². The third kappa shape index (κ3) is 7.14. The monoisotopic (exact) mass is 717 g/mol. The maximum atomic E-state index is 4.78. The van der Waals surface area contributed by atoms with Crippen LogP contribution in [0.4, 0.5) is 0 Å². The van der Waals surface area contributed by atoms with E-state index < -0.39 is 0 Å². The topological polar surface area (TPSA) is 25.8 Å². The summed E-state index contributed by atoms with van der Waals surface area (Å²) in [6, 6.07) is 52.8. The zero-order valence-corrected chi connectivity index (χ0v) is 25.6. The first-order chi connectivity index (χ1) is 20.2. The summed E-state index contributed by atoms with van der Waals surface area (Å²) in [6.07, 6.45) is 5.16. The fourth-order valence-corrected chi connectivity index (χ4v) is 4.60. The summed E-state index contributed by atoms with van der Waals surface area (Å²) in [5, 5.41) is 2.32. The standard InChI is InChI=1S/C22H16N.C17H12N.Ir/c1-16-7-9-18(10-8-16)21-14-12-20-15-19(11-13-22(20)23-21)17-5-3-2-4-6-17;1-2-6-14(7-3-1)10-12-16-13-11-15-8-4-5-9-17(15)18-16;/h2-9,11-15H,1H3;1-9,11-13H;/q2*-1;. The minimum absolute atomic E-state index is 0. The van der Waals surface area contributed by atoms with Crippen LogP contribution in [0.5, 0.6) is 0 Å². The molecule has 2 aromatic heterocycles. The third-order valence-electron chi connectivity index (χ3n) is 6.82. The number of benzene rings is 5. The Labute approximate surface area is 260 Å². The van der Waals surface area contributed by atoms with Crippen LogP contribution < -0.4 is 0 Å². The second kappa shape index (κ2) is 13.8. The normalized spacial score (nSPS) is 10.7. The van der Waals surface area contributed by atoms with E-state index in [0.717, 1.165) is 44.3 Å². The van der Waals surface area contributed by atoms with Crippen molar-refractivity contribution in [3.8, 4) is 22.4 Å². The summed E-state index contributed by atoms with van der Waals surface area (Å²) >= 11 is 0. The number of hydrogen-bond acceptors (Lipinski definition) is 2. The van der Waals surface area contributed by atoms with Crippen LogP contribution in [0.3, 0.4) is 0 Å². The smallest absolute Gasteiger partial charge is 0.0595 e. The molecule has 0 spiro atoms. The second-order valence-corrected chi connectivity index (χ2v) is 9.83. The minimum Gasteiger partial charge on any atom is -0.296 e. The molecule has 0 saturated heterocycles. The fraction of sp³-hybridized carbons (Fsp3) is 0.0256. The van der Waals surface area contributed by atoms with Crippen molar-refractivity contribution < 1.29 is 20.1 Å². The molecule has 0 unspecified atom stereocenters. The number of fused-ring (bicyclic) bond motifs is 2. The summed E-state index contributed by atoms with van der Waals surface area (Å²) in [5.41, 5.74) is 9.67. The van der Waals surface area contributed by atoms with Gasteiger partial charge in [-0.1, -0.05) is 91.9 Å². The number of hydrogen-bond donors (Lipinski definition) is 0. The number of aryl methyl sites for hydroxylation is 1. The van der Waals surface area contributed by atoms with Gasteiger partial charge in [-0.2, -0.15) is 0 Å². The summed E-state index contributed by atoms with van der Waals surface area (Å²) in [7, 11) is 0. The SMILES string of the molecule is Cc1c[c-]c(-c2ccc3cc(-c4ccccc4)ccc3n2)cc1.[C-](=Cc1ccc2ccccc2n1)c1ccccc1.[Ir]. The van der Waals surface area contributed by atoms with Crippen molar-refractivity contribution in [2.75, 3.05) is 0 Å². The van der Waals surface area contributed by atoms with Crippen molar-refractivity contribution in [3.05, 3.63) is 175 Å². The van der Waals surface area contributed by atoms with E-state index in [9.17, 15) is 0 Å². The van der Waals surface area contributed by atoms with E-state index in [1.54, 1.807) is 0 Å². The Morgan fingerprint density at radius 1 is 0.595 bits per heavy atom. The molecular weight excluding hydrogens is 689 g/mol. The fourth-order valence-electron chi connectivity index (χ4n) is 4.60. The Bertz CT molecular complexity index is 1930. The van der Waals surface area contributed by atoms with Gasteiger partial charge in [0.15, 0.2) is 0 Å². The first kappa shape index (κ1) is 28.8. The Morgan fingerprint density at radius 3 is 2.10 bits per heavy atom. The van der Waals surface area contributed by atoms with Crippen LogP contribution in [0.2, 0.25) is 0 Å². The number of para-hydroxylation sites is 1.